The van der Waals surface area contributed by atoms with Gasteiger partial charge in [0.25, 0.3) is 0 Å². The molecule has 5 heteroatoms. The highest BCUT2D eigenvalue weighted by atomic mass is 35.5. The fraction of sp³-hybridized carbons (Fsp3) is 0.538. The molecule has 102 valence electrons. The van der Waals surface area contributed by atoms with Crippen molar-refractivity contribution in [1.82, 2.24) is 10.2 Å². The smallest absolute Gasteiger partial charge is 0.0465 e. The predicted octanol–water partition coefficient (Wildman–Crippen LogP) is 3.60. The molecule has 1 heterocycles. The van der Waals surface area contributed by atoms with Crippen molar-refractivity contribution in [1.29, 1.82) is 0 Å². The number of nitrogens with zero attached hydrogens (tertiary/aromatic N) is 1. The van der Waals surface area contributed by atoms with Gasteiger partial charge in [-0.05, 0) is 45.1 Å². The second kappa shape index (κ2) is 7.56. The molecule has 0 radical (unpaired) electrons. The molecule has 1 aromatic carbocycles. The quantitative estimate of drug-likeness (QED) is 0.918. The minimum atomic E-state index is 0. The number of piperidine rings is 1. The van der Waals surface area contributed by atoms with Gasteiger partial charge >= 0.3 is 0 Å². The lowest BCUT2D eigenvalue weighted by Crippen LogP contribution is -2.40. The van der Waals surface area contributed by atoms with Crippen molar-refractivity contribution in [2.24, 2.45) is 0 Å². The zero-order valence-electron chi connectivity index (χ0n) is 10.5. The average Bonchev–Trinajstić information content (AvgIpc) is 2.35. The first-order chi connectivity index (χ1) is 8.18. The first-order valence-corrected chi connectivity index (χ1v) is 6.78. The maximum absolute atomic E-state index is 6.19. The first kappa shape index (κ1) is 16.1. The van der Waals surface area contributed by atoms with Crippen LogP contribution >= 0.6 is 35.6 Å². The van der Waals surface area contributed by atoms with E-state index >= 15 is 0 Å². The Kier molecular flexibility index (Phi) is 6.75. The van der Waals surface area contributed by atoms with E-state index in [-0.39, 0.29) is 12.4 Å². The lowest BCUT2D eigenvalue weighted by Gasteiger charge is -2.32. The van der Waals surface area contributed by atoms with Gasteiger partial charge in [0.2, 0.25) is 0 Å². The molecule has 0 atom stereocenters. The average molecular weight is 310 g/mol. The van der Waals surface area contributed by atoms with E-state index < -0.39 is 0 Å². The molecule has 1 aliphatic heterocycles. The molecule has 0 spiro atoms. The highest BCUT2D eigenvalue weighted by Crippen LogP contribution is 2.26. The Labute approximate surface area is 125 Å². The van der Waals surface area contributed by atoms with E-state index in [9.17, 15) is 0 Å². The van der Waals surface area contributed by atoms with E-state index in [0.29, 0.717) is 6.04 Å². The largest absolute Gasteiger partial charge is 0.317 e. The third-order valence-corrected chi connectivity index (χ3v) is 4.11. The molecule has 1 saturated heterocycles. The molecule has 0 bridgehead atoms. The van der Waals surface area contributed by atoms with Gasteiger partial charge in [0.1, 0.15) is 0 Å². The highest BCUT2D eigenvalue weighted by Gasteiger charge is 2.19. The molecule has 0 saturated carbocycles. The van der Waals surface area contributed by atoms with Gasteiger partial charge in [-0.3, -0.25) is 4.90 Å². The second-order valence-electron chi connectivity index (χ2n) is 4.60. The number of halogens is 3. The summed E-state index contributed by atoms with van der Waals surface area (Å²) in [6, 6.07) is 6.32. The zero-order valence-corrected chi connectivity index (χ0v) is 12.8. The van der Waals surface area contributed by atoms with Gasteiger partial charge in [0.05, 0.1) is 0 Å². The Morgan fingerprint density at radius 3 is 2.33 bits per heavy atom. The van der Waals surface area contributed by atoms with Gasteiger partial charge < -0.3 is 5.32 Å². The van der Waals surface area contributed by atoms with Crippen LogP contribution in [0.5, 0.6) is 0 Å². The third kappa shape index (κ3) is 4.01. The predicted molar refractivity (Wildman–Crippen MR) is 81.1 cm³/mol. The Balaban J connectivity index is 0.00000162. The van der Waals surface area contributed by atoms with Gasteiger partial charge in [-0.25, -0.2) is 0 Å². The van der Waals surface area contributed by atoms with Gasteiger partial charge in [0.15, 0.2) is 0 Å². The van der Waals surface area contributed by atoms with Crippen molar-refractivity contribution in [3.63, 3.8) is 0 Å². The topological polar surface area (TPSA) is 15.3 Å². The summed E-state index contributed by atoms with van der Waals surface area (Å²) in [4.78, 5) is 2.36. The van der Waals surface area contributed by atoms with Crippen LogP contribution in [0.15, 0.2) is 18.2 Å². The summed E-state index contributed by atoms with van der Waals surface area (Å²) in [6.45, 7) is 3.03. The van der Waals surface area contributed by atoms with Crippen molar-refractivity contribution in [2.75, 3.05) is 20.1 Å². The fourth-order valence-electron chi connectivity index (χ4n) is 2.31. The van der Waals surface area contributed by atoms with Crippen molar-refractivity contribution in [3.8, 4) is 0 Å². The summed E-state index contributed by atoms with van der Waals surface area (Å²) >= 11 is 12.4. The normalized spacial score (nSPS) is 16.7. The van der Waals surface area contributed by atoms with Gasteiger partial charge in [-0.1, -0.05) is 29.3 Å². The molecular formula is C13H19Cl3N2. The van der Waals surface area contributed by atoms with E-state index in [1.54, 1.807) is 0 Å². The molecule has 2 rings (SSSR count). The van der Waals surface area contributed by atoms with E-state index in [2.05, 4.69) is 17.3 Å². The van der Waals surface area contributed by atoms with E-state index in [4.69, 9.17) is 23.2 Å². The van der Waals surface area contributed by atoms with E-state index in [1.165, 1.54) is 12.8 Å². The van der Waals surface area contributed by atoms with Crippen LogP contribution < -0.4 is 5.32 Å². The number of rotatable bonds is 3. The molecule has 1 aromatic rings. The molecule has 18 heavy (non-hydrogen) atoms. The van der Waals surface area contributed by atoms with Crippen molar-refractivity contribution >= 4 is 35.6 Å². The third-order valence-electron chi connectivity index (χ3n) is 3.40. The molecule has 0 aromatic heterocycles. The van der Waals surface area contributed by atoms with Crippen LogP contribution in [-0.2, 0) is 6.54 Å². The molecule has 2 nitrogen and oxygen atoms in total. The van der Waals surface area contributed by atoms with Gasteiger partial charge in [-0.15, -0.1) is 12.4 Å². The highest BCUT2D eigenvalue weighted by molar-refractivity contribution is 6.35. The van der Waals surface area contributed by atoms with Gasteiger partial charge in [0, 0.05) is 28.2 Å². The molecular weight excluding hydrogens is 291 g/mol. The monoisotopic (exact) mass is 308 g/mol. The van der Waals surface area contributed by atoms with E-state index in [0.717, 1.165) is 35.2 Å². The summed E-state index contributed by atoms with van der Waals surface area (Å²) in [5, 5.41) is 4.90. The van der Waals surface area contributed by atoms with Crippen LogP contribution in [0.2, 0.25) is 10.0 Å². The number of hydrogen-bond acceptors (Lipinski definition) is 2. The summed E-state index contributed by atoms with van der Waals surface area (Å²) in [5.41, 5.74) is 1.04. The lowest BCUT2D eigenvalue weighted by atomic mass is 10.0. The SMILES string of the molecule is CN(Cc1c(Cl)cccc1Cl)C1CCNCC1.Cl. The standard InChI is InChI=1S/C13H18Cl2N2.ClH/c1-17(10-5-7-16-8-6-10)9-11-12(14)3-2-4-13(11)15;/h2-4,10,16H,5-9H2,1H3;1H. The Morgan fingerprint density at radius 2 is 1.78 bits per heavy atom. The van der Waals surface area contributed by atoms with E-state index in [1.807, 2.05) is 18.2 Å². The van der Waals surface area contributed by atoms with Crippen LogP contribution in [0.25, 0.3) is 0 Å². The molecule has 0 amide bonds. The van der Waals surface area contributed by atoms with Crippen molar-refractivity contribution in [2.45, 2.75) is 25.4 Å². The Morgan fingerprint density at radius 1 is 1.22 bits per heavy atom. The number of nitrogens with one attached hydrogen (secondary N) is 1. The summed E-state index contributed by atoms with van der Waals surface area (Å²) in [6.07, 6.45) is 2.39. The van der Waals surface area contributed by atoms with Crippen LogP contribution in [-0.4, -0.2) is 31.1 Å². The van der Waals surface area contributed by atoms with Crippen LogP contribution in [0.1, 0.15) is 18.4 Å². The molecule has 0 unspecified atom stereocenters. The first-order valence-electron chi connectivity index (χ1n) is 6.02. The minimum absolute atomic E-state index is 0. The Bertz CT molecular complexity index is 358. The summed E-state index contributed by atoms with van der Waals surface area (Å²) in [7, 11) is 2.15. The molecule has 1 N–H and O–H groups in total. The van der Waals surface area contributed by atoms with Crippen molar-refractivity contribution < 1.29 is 0 Å². The molecule has 1 aliphatic rings. The van der Waals surface area contributed by atoms with Crippen LogP contribution in [0, 0.1) is 0 Å². The number of hydrogen-bond donors (Lipinski definition) is 1. The zero-order chi connectivity index (χ0) is 12.3. The molecule has 0 aliphatic carbocycles. The maximum Gasteiger partial charge on any atom is 0.0465 e. The summed E-state index contributed by atoms with van der Waals surface area (Å²) < 4.78 is 0. The lowest BCUT2D eigenvalue weighted by molar-refractivity contribution is 0.192. The van der Waals surface area contributed by atoms with Crippen LogP contribution in [0.4, 0.5) is 0 Å². The van der Waals surface area contributed by atoms with Gasteiger partial charge in [-0.2, -0.15) is 0 Å². The minimum Gasteiger partial charge on any atom is -0.317 e. The van der Waals surface area contributed by atoms with Crippen molar-refractivity contribution in [3.05, 3.63) is 33.8 Å². The molecule has 1 fully saturated rings. The summed E-state index contributed by atoms with van der Waals surface area (Å²) in [5.74, 6) is 0. The second-order valence-corrected chi connectivity index (χ2v) is 5.41. The maximum atomic E-state index is 6.19. The van der Waals surface area contributed by atoms with Crippen LogP contribution in [0.3, 0.4) is 0 Å². The Hall–Kier alpha value is 0.01000. The number of benzene rings is 1. The fourth-order valence-corrected chi connectivity index (χ4v) is 2.83.